The molecule has 0 unspecified atom stereocenters. The monoisotopic (exact) mass is 439 g/mol. The summed E-state index contributed by atoms with van der Waals surface area (Å²) < 4.78 is 10.5. The Bertz CT molecular complexity index is 966. The number of hydrogen-bond donors (Lipinski definition) is 2. The van der Waals surface area contributed by atoms with Crippen molar-refractivity contribution in [2.45, 2.75) is 39.7 Å². The summed E-state index contributed by atoms with van der Waals surface area (Å²) in [6.07, 6.45) is 2.20. The van der Waals surface area contributed by atoms with E-state index in [4.69, 9.17) is 9.47 Å². The van der Waals surface area contributed by atoms with Crippen LogP contribution in [0.5, 0.6) is 11.5 Å². The Hall–Kier alpha value is -3.22. The zero-order valence-electron chi connectivity index (χ0n) is 19.5. The van der Waals surface area contributed by atoms with Gasteiger partial charge in [-0.1, -0.05) is 6.92 Å². The van der Waals surface area contributed by atoms with Gasteiger partial charge in [-0.05, 0) is 62.9 Å². The third-order valence-electron chi connectivity index (χ3n) is 5.70. The Kier molecular flexibility index (Phi) is 7.62. The fourth-order valence-electron chi connectivity index (χ4n) is 3.85. The van der Waals surface area contributed by atoms with Crippen molar-refractivity contribution in [1.29, 1.82) is 0 Å². The van der Waals surface area contributed by atoms with E-state index in [0.29, 0.717) is 34.2 Å². The molecule has 0 bridgehead atoms. The molecule has 0 atom stereocenters. The van der Waals surface area contributed by atoms with E-state index in [9.17, 15) is 9.59 Å². The number of piperidine rings is 1. The lowest BCUT2D eigenvalue weighted by Crippen LogP contribution is -2.36. The van der Waals surface area contributed by atoms with Crippen LogP contribution in [0.4, 0.5) is 11.4 Å². The van der Waals surface area contributed by atoms with E-state index in [1.165, 1.54) is 7.11 Å². The Morgan fingerprint density at radius 1 is 0.969 bits per heavy atom. The molecule has 1 aliphatic heterocycles. The van der Waals surface area contributed by atoms with Gasteiger partial charge in [-0.3, -0.25) is 9.59 Å². The molecule has 0 aromatic heterocycles. The number of anilines is 2. The molecule has 172 valence electrons. The molecule has 3 rings (SSSR count). The van der Waals surface area contributed by atoms with Crippen LogP contribution in [0.3, 0.4) is 0 Å². The summed E-state index contributed by atoms with van der Waals surface area (Å²) in [6, 6.07) is 10.6. The lowest BCUT2D eigenvalue weighted by molar-refractivity contribution is 0.0942. The molecule has 2 N–H and O–H groups in total. The van der Waals surface area contributed by atoms with Gasteiger partial charge >= 0.3 is 0 Å². The lowest BCUT2D eigenvalue weighted by atomic mass is 9.97. The minimum absolute atomic E-state index is 0.0125. The minimum Gasteiger partial charge on any atom is -0.497 e. The average Bonchev–Trinajstić information content (AvgIpc) is 2.78. The molecule has 2 aromatic carbocycles. The topological polar surface area (TPSA) is 79.9 Å². The fraction of sp³-hybridized carbons (Fsp3) is 0.440. The number of amides is 2. The Morgan fingerprint density at radius 2 is 1.69 bits per heavy atom. The van der Waals surface area contributed by atoms with Crippen LogP contribution in [0.2, 0.25) is 0 Å². The number of carbonyl (C=O) groups is 2. The highest BCUT2D eigenvalue weighted by atomic mass is 16.5. The molecule has 2 aromatic rings. The zero-order valence-corrected chi connectivity index (χ0v) is 19.5. The summed E-state index contributed by atoms with van der Waals surface area (Å²) in [6.45, 7) is 7.95. The van der Waals surface area contributed by atoms with Crippen LogP contribution in [-0.2, 0) is 0 Å². The summed E-state index contributed by atoms with van der Waals surface area (Å²) in [5, 5.41) is 5.88. The summed E-state index contributed by atoms with van der Waals surface area (Å²) in [5.74, 6) is 1.24. The average molecular weight is 440 g/mol. The summed E-state index contributed by atoms with van der Waals surface area (Å²) >= 11 is 0. The molecule has 1 heterocycles. The van der Waals surface area contributed by atoms with E-state index in [2.05, 4.69) is 22.5 Å². The van der Waals surface area contributed by atoms with Crippen LogP contribution in [0.15, 0.2) is 36.4 Å². The number of benzene rings is 2. The van der Waals surface area contributed by atoms with Crippen LogP contribution in [0, 0.1) is 5.92 Å². The molecule has 32 heavy (non-hydrogen) atoms. The van der Waals surface area contributed by atoms with Crippen molar-refractivity contribution in [3.63, 3.8) is 0 Å². The fourth-order valence-corrected chi connectivity index (χ4v) is 3.85. The first-order valence-electron chi connectivity index (χ1n) is 11.1. The number of nitrogens with zero attached hydrogens (tertiary/aromatic N) is 1. The lowest BCUT2D eigenvalue weighted by Gasteiger charge is -2.33. The number of ether oxygens (including phenoxy) is 2. The number of hydrogen-bond acceptors (Lipinski definition) is 5. The maximum atomic E-state index is 13.0. The third kappa shape index (κ3) is 5.52. The number of nitrogens with one attached hydrogen (secondary N) is 2. The predicted octanol–water partition coefficient (Wildman–Crippen LogP) is 4.33. The van der Waals surface area contributed by atoms with Crippen molar-refractivity contribution < 1.29 is 19.1 Å². The Morgan fingerprint density at radius 3 is 2.31 bits per heavy atom. The Balaban J connectivity index is 1.89. The van der Waals surface area contributed by atoms with E-state index < -0.39 is 0 Å². The molecule has 0 spiro atoms. The van der Waals surface area contributed by atoms with Crippen molar-refractivity contribution in [1.82, 2.24) is 5.32 Å². The van der Waals surface area contributed by atoms with Crippen molar-refractivity contribution >= 4 is 23.2 Å². The molecule has 7 nitrogen and oxygen atoms in total. The smallest absolute Gasteiger partial charge is 0.259 e. The normalized spacial score (nSPS) is 14.2. The van der Waals surface area contributed by atoms with Crippen LogP contribution >= 0.6 is 0 Å². The summed E-state index contributed by atoms with van der Waals surface area (Å²) in [4.78, 5) is 28.2. The standard InChI is InChI=1S/C25H33N3O4/c1-16(2)26-25(30)21-14-18(6-9-22(21)28-12-10-17(3)11-13-28)27-24(29)20-8-7-19(31-4)15-23(20)32-5/h6-9,14-17H,10-13H2,1-5H3,(H,26,30)(H,27,29). The molecular formula is C25H33N3O4. The van der Waals surface area contributed by atoms with E-state index >= 15 is 0 Å². The minimum atomic E-state index is -0.320. The zero-order chi connectivity index (χ0) is 23.3. The second-order valence-corrected chi connectivity index (χ2v) is 8.55. The summed E-state index contributed by atoms with van der Waals surface area (Å²) in [5.41, 5.74) is 2.40. The van der Waals surface area contributed by atoms with Crippen LogP contribution in [0.25, 0.3) is 0 Å². The van der Waals surface area contributed by atoms with Gasteiger partial charge in [0.25, 0.3) is 11.8 Å². The maximum absolute atomic E-state index is 13.0. The van der Waals surface area contributed by atoms with Gasteiger partial charge in [0.1, 0.15) is 11.5 Å². The van der Waals surface area contributed by atoms with Gasteiger partial charge in [-0.25, -0.2) is 0 Å². The van der Waals surface area contributed by atoms with E-state index in [1.54, 1.807) is 31.4 Å². The molecule has 0 aliphatic carbocycles. The maximum Gasteiger partial charge on any atom is 0.259 e. The number of carbonyl (C=O) groups excluding carboxylic acids is 2. The molecule has 0 saturated carbocycles. The van der Waals surface area contributed by atoms with Gasteiger partial charge < -0.3 is 25.0 Å². The molecule has 2 amide bonds. The first-order valence-corrected chi connectivity index (χ1v) is 11.1. The van der Waals surface area contributed by atoms with Gasteiger partial charge in [0, 0.05) is 36.6 Å². The van der Waals surface area contributed by atoms with Crippen LogP contribution in [-0.4, -0.2) is 45.2 Å². The van der Waals surface area contributed by atoms with Crippen molar-refractivity contribution in [3.8, 4) is 11.5 Å². The molecule has 0 radical (unpaired) electrons. The van der Waals surface area contributed by atoms with E-state index in [-0.39, 0.29) is 17.9 Å². The number of rotatable bonds is 7. The largest absolute Gasteiger partial charge is 0.497 e. The Labute approximate surface area is 190 Å². The van der Waals surface area contributed by atoms with Crippen molar-refractivity contribution in [2.24, 2.45) is 5.92 Å². The second kappa shape index (κ2) is 10.4. The number of methoxy groups -OCH3 is 2. The molecule has 7 heteroatoms. The van der Waals surface area contributed by atoms with Crippen molar-refractivity contribution in [2.75, 3.05) is 37.5 Å². The quantitative estimate of drug-likeness (QED) is 0.671. The third-order valence-corrected chi connectivity index (χ3v) is 5.70. The van der Waals surface area contributed by atoms with Gasteiger partial charge in [0.2, 0.25) is 0 Å². The SMILES string of the molecule is COc1ccc(C(=O)Nc2ccc(N3CCC(C)CC3)c(C(=O)NC(C)C)c2)c(OC)c1. The molecule has 1 fully saturated rings. The molecular weight excluding hydrogens is 406 g/mol. The predicted molar refractivity (Wildman–Crippen MR) is 127 cm³/mol. The van der Waals surface area contributed by atoms with Gasteiger partial charge in [-0.2, -0.15) is 0 Å². The van der Waals surface area contributed by atoms with Crippen molar-refractivity contribution in [3.05, 3.63) is 47.5 Å². The highest BCUT2D eigenvalue weighted by Gasteiger charge is 2.22. The van der Waals surface area contributed by atoms with Gasteiger partial charge in [-0.15, -0.1) is 0 Å². The van der Waals surface area contributed by atoms with Gasteiger partial charge in [0.05, 0.1) is 25.3 Å². The first-order chi connectivity index (χ1) is 15.3. The first kappa shape index (κ1) is 23.4. The molecule has 1 saturated heterocycles. The highest BCUT2D eigenvalue weighted by Crippen LogP contribution is 2.30. The van der Waals surface area contributed by atoms with Crippen LogP contribution < -0.4 is 25.0 Å². The molecule has 1 aliphatic rings. The summed E-state index contributed by atoms with van der Waals surface area (Å²) in [7, 11) is 3.07. The van der Waals surface area contributed by atoms with Crippen LogP contribution in [0.1, 0.15) is 54.3 Å². The van der Waals surface area contributed by atoms with E-state index in [1.807, 2.05) is 26.0 Å². The highest BCUT2D eigenvalue weighted by molar-refractivity contribution is 6.08. The van der Waals surface area contributed by atoms with E-state index in [0.717, 1.165) is 31.6 Å². The van der Waals surface area contributed by atoms with Gasteiger partial charge in [0.15, 0.2) is 0 Å². The second-order valence-electron chi connectivity index (χ2n) is 8.55.